The Balaban J connectivity index is 1.38. The average molecular weight is 362 g/mol. The van der Waals surface area contributed by atoms with Crippen LogP contribution in [0.1, 0.15) is 0 Å². The van der Waals surface area contributed by atoms with Gasteiger partial charge in [-0.1, -0.05) is 11.6 Å². The molecule has 2 aromatic rings. The number of pyridine rings is 2. The number of aromatic nitrogens is 2. The quantitative estimate of drug-likeness (QED) is 0.863. The Kier molecular flexibility index (Phi) is 4.61. The van der Waals surface area contributed by atoms with Crippen LogP contribution in [0.3, 0.4) is 0 Å². The molecule has 2 N–H and O–H groups in total. The van der Waals surface area contributed by atoms with Crippen molar-refractivity contribution in [2.45, 2.75) is 6.04 Å². The van der Waals surface area contributed by atoms with Crippen LogP contribution in [0.15, 0.2) is 35.4 Å². The molecule has 0 aliphatic carbocycles. The number of halogens is 1. The molecule has 7 nitrogen and oxygen atoms in total. The molecule has 0 atom stereocenters. The monoisotopic (exact) mass is 361 g/mol. The van der Waals surface area contributed by atoms with Gasteiger partial charge in [-0.3, -0.25) is 9.69 Å². The van der Waals surface area contributed by atoms with Gasteiger partial charge >= 0.3 is 0 Å². The molecule has 0 radical (unpaired) electrons. The fourth-order valence-electron chi connectivity index (χ4n) is 3.11. The summed E-state index contributed by atoms with van der Waals surface area (Å²) in [7, 11) is 0. The lowest BCUT2D eigenvalue weighted by molar-refractivity contribution is -0.0660. The molecule has 2 aliphatic rings. The second-order valence-electron chi connectivity index (χ2n) is 6.30. The minimum atomic E-state index is -0.230. The van der Waals surface area contributed by atoms with Crippen molar-refractivity contribution in [2.75, 3.05) is 49.6 Å². The van der Waals surface area contributed by atoms with Crippen molar-refractivity contribution in [1.29, 1.82) is 0 Å². The number of hydrogen-bond donors (Lipinski definition) is 2. The van der Waals surface area contributed by atoms with E-state index in [9.17, 15) is 4.79 Å². The zero-order chi connectivity index (χ0) is 17.2. The molecule has 132 valence electrons. The zero-order valence-electron chi connectivity index (χ0n) is 13.7. The Morgan fingerprint density at radius 3 is 2.68 bits per heavy atom. The summed E-state index contributed by atoms with van der Waals surface area (Å²) in [6.45, 7) is 5.80. The van der Waals surface area contributed by atoms with Gasteiger partial charge in [0.05, 0.1) is 36.2 Å². The third-order valence-electron chi connectivity index (χ3n) is 4.69. The molecule has 0 unspecified atom stereocenters. The Labute approximate surface area is 150 Å². The number of aromatic amines is 1. The number of ether oxygens (including phenoxy) is 1. The second kappa shape index (κ2) is 7.03. The highest BCUT2D eigenvalue weighted by Crippen LogP contribution is 2.21. The fraction of sp³-hybridized carbons (Fsp3) is 0.412. The summed E-state index contributed by atoms with van der Waals surface area (Å²) < 4.78 is 5.27. The molecule has 2 saturated heterocycles. The van der Waals surface area contributed by atoms with E-state index in [2.05, 4.69) is 25.1 Å². The predicted molar refractivity (Wildman–Crippen MR) is 98.0 cm³/mol. The molecule has 0 aromatic carbocycles. The highest BCUT2D eigenvalue weighted by molar-refractivity contribution is 6.30. The van der Waals surface area contributed by atoms with Crippen molar-refractivity contribution < 1.29 is 4.74 Å². The standard InChI is InChI=1S/C17H20ClN5O2/c18-12-7-15(17(24)20-8-12)21-16-2-1-13(9-19-16)22-3-5-23(6-4-22)14-10-25-11-14/h1-2,7-9,14H,3-6,10-11H2,(H,19,21)(H,20,24). The Bertz CT molecular complexity index is 782. The summed E-state index contributed by atoms with van der Waals surface area (Å²) in [4.78, 5) is 23.6. The van der Waals surface area contributed by atoms with Crippen LogP contribution >= 0.6 is 11.6 Å². The van der Waals surface area contributed by atoms with Gasteiger partial charge in [-0.15, -0.1) is 0 Å². The highest BCUT2D eigenvalue weighted by atomic mass is 35.5. The number of rotatable bonds is 4. The third-order valence-corrected chi connectivity index (χ3v) is 4.91. The minimum Gasteiger partial charge on any atom is -0.378 e. The van der Waals surface area contributed by atoms with Crippen LogP contribution in [0.25, 0.3) is 0 Å². The molecular weight excluding hydrogens is 342 g/mol. The summed E-state index contributed by atoms with van der Waals surface area (Å²) in [6, 6.07) is 6.08. The summed E-state index contributed by atoms with van der Waals surface area (Å²) in [5, 5.41) is 3.47. The van der Waals surface area contributed by atoms with Crippen LogP contribution < -0.4 is 15.8 Å². The predicted octanol–water partition coefficient (Wildman–Crippen LogP) is 1.69. The number of anilines is 3. The summed E-state index contributed by atoms with van der Waals surface area (Å²) in [6.07, 6.45) is 3.30. The van der Waals surface area contributed by atoms with Crippen LogP contribution in [0.2, 0.25) is 5.02 Å². The lowest BCUT2D eigenvalue weighted by Crippen LogP contribution is -2.56. The molecule has 0 bridgehead atoms. The third kappa shape index (κ3) is 3.63. The normalized spacial score (nSPS) is 18.8. The van der Waals surface area contributed by atoms with Crippen LogP contribution in [0.4, 0.5) is 17.2 Å². The van der Waals surface area contributed by atoms with Crippen LogP contribution in [0.5, 0.6) is 0 Å². The topological polar surface area (TPSA) is 73.5 Å². The maximum absolute atomic E-state index is 11.8. The minimum absolute atomic E-state index is 0.230. The number of nitrogens with zero attached hydrogens (tertiary/aromatic N) is 3. The lowest BCUT2D eigenvalue weighted by Gasteiger charge is -2.43. The van der Waals surface area contributed by atoms with Crippen molar-refractivity contribution >= 4 is 28.8 Å². The molecular formula is C17H20ClN5O2. The first kappa shape index (κ1) is 16.4. The molecule has 25 heavy (non-hydrogen) atoms. The maximum atomic E-state index is 11.8. The van der Waals surface area contributed by atoms with E-state index in [1.165, 1.54) is 6.20 Å². The van der Waals surface area contributed by atoms with Gasteiger partial charge in [-0.05, 0) is 18.2 Å². The van der Waals surface area contributed by atoms with E-state index in [-0.39, 0.29) is 5.56 Å². The Hall–Kier alpha value is -2.09. The van der Waals surface area contributed by atoms with Crippen LogP contribution in [-0.4, -0.2) is 60.3 Å². The molecule has 2 aliphatic heterocycles. The first-order valence-electron chi connectivity index (χ1n) is 8.37. The largest absolute Gasteiger partial charge is 0.378 e. The van der Waals surface area contributed by atoms with Gasteiger partial charge < -0.3 is 19.9 Å². The van der Waals surface area contributed by atoms with Gasteiger partial charge in [0.1, 0.15) is 11.5 Å². The molecule has 0 amide bonds. The van der Waals surface area contributed by atoms with E-state index in [1.807, 2.05) is 18.3 Å². The molecule has 0 spiro atoms. The van der Waals surface area contributed by atoms with Crippen molar-refractivity contribution in [1.82, 2.24) is 14.9 Å². The van der Waals surface area contributed by atoms with Crippen LogP contribution in [0, 0.1) is 0 Å². The number of nitrogens with one attached hydrogen (secondary N) is 2. The fourth-order valence-corrected chi connectivity index (χ4v) is 3.28. The van der Waals surface area contributed by atoms with Gasteiger partial charge in [-0.25, -0.2) is 4.98 Å². The molecule has 0 saturated carbocycles. The van der Waals surface area contributed by atoms with E-state index >= 15 is 0 Å². The van der Waals surface area contributed by atoms with E-state index < -0.39 is 0 Å². The smallest absolute Gasteiger partial charge is 0.271 e. The second-order valence-corrected chi connectivity index (χ2v) is 6.74. The Morgan fingerprint density at radius 1 is 1.24 bits per heavy atom. The van der Waals surface area contributed by atoms with Crippen molar-refractivity contribution in [3.63, 3.8) is 0 Å². The summed E-state index contributed by atoms with van der Waals surface area (Å²) in [5.41, 5.74) is 1.24. The van der Waals surface area contributed by atoms with Gasteiger partial charge in [0.25, 0.3) is 5.56 Å². The first-order chi connectivity index (χ1) is 12.2. The first-order valence-corrected chi connectivity index (χ1v) is 8.75. The molecule has 2 aromatic heterocycles. The van der Waals surface area contributed by atoms with Gasteiger partial charge in [0.15, 0.2) is 0 Å². The number of hydrogen-bond acceptors (Lipinski definition) is 6. The van der Waals surface area contributed by atoms with E-state index in [0.717, 1.165) is 45.1 Å². The van der Waals surface area contributed by atoms with E-state index in [0.29, 0.717) is 22.6 Å². The van der Waals surface area contributed by atoms with Crippen LogP contribution in [-0.2, 0) is 4.74 Å². The van der Waals surface area contributed by atoms with Gasteiger partial charge in [0, 0.05) is 32.4 Å². The number of piperazine rings is 1. The average Bonchev–Trinajstić information content (AvgIpc) is 2.58. The van der Waals surface area contributed by atoms with Crippen molar-refractivity contribution in [3.05, 3.63) is 46.0 Å². The van der Waals surface area contributed by atoms with Gasteiger partial charge in [0.2, 0.25) is 0 Å². The molecule has 8 heteroatoms. The zero-order valence-corrected chi connectivity index (χ0v) is 14.5. The summed E-state index contributed by atoms with van der Waals surface area (Å²) >= 11 is 5.91. The van der Waals surface area contributed by atoms with E-state index in [1.54, 1.807) is 6.07 Å². The highest BCUT2D eigenvalue weighted by Gasteiger charge is 2.28. The molecule has 4 rings (SSSR count). The lowest BCUT2D eigenvalue weighted by atomic mass is 10.2. The van der Waals surface area contributed by atoms with E-state index in [4.69, 9.17) is 16.3 Å². The summed E-state index contributed by atoms with van der Waals surface area (Å²) in [5.74, 6) is 0.613. The van der Waals surface area contributed by atoms with Crippen molar-refractivity contribution in [3.8, 4) is 0 Å². The SMILES string of the molecule is O=c1[nH]cc(Cl)cc1Nc1ccc(N2CCN(C3COC3)CC2)cn1. The maximum Gasteiger partial charge on any atom is 0.271 e. The number of H-pyrrole nitrogens is 1. The Morgan fingerprint density at radius 2 is 2.04 bits per heavy atom. The van der Waals surface area contributed by atoms with Gasteiger partial charge in [-0.2, -0.15) is 0 Å². The molecule has 2 fully saturated rings. The van der Waals surface area contributed by atoms with Crippen molar-refractivity contribution in [2.24, 2.45) is 0 Å². The molecule has 4 heterocycles.